The zero-order valence-electron chi connectivity index (χ0n) is 10.9. The van der Waals surface area contributed by atoms with Gasteiger partial charge in [-0.05, 0) is 64.4 Å². The number of anilines is 1. The first-order valence-electron chi connectivity index (χ1n) is 6.60. The average molecular weight is 233 g/mol. The van der Waals surface area contributed by atoms with Crippen molar-refractivity contribution in [2.75, 3.05) is 32.0 Å². The molecular weight excluding hydrogens is 210 g/mol. The zero-order valence-corrected chi connectivity index (χ0v) is 10.9. The minimum absolute atomic E-state index is 0.892. The second-order valence-corrected chi connectivity index (χ2v) is 5.13. The van der Waals surface area contributed by atoms with Crippen LogP contribution in [0.2, 0.25) is 0 Å². The van der Waals surface area contributed by atoms with Gasteiger partial charge in [-0.2, -0.15) is 0 Å². The van der Waals surface area contributed by atoms with Gasteiger partial charge in [-0.15, -0.1) is 0 Å². The molecule has 1 aromatic rings. The summed E-state index contributed by atoms with van der Waals surface area (Å²) in [7, 11) is 2.21. The fraction of sp³-hybridized carbons (Fsp3) is 0.643. The number of likely N-dealkylation sites (tertiary alicyclic amines) is 1. The van der Waals surface area contributed by atoms with Crippen molar-refractivity contribution in [1.82, 2.24) is 9.88 Å². The van der Waals surface area contributed by atoms with Crippen molar-refractivity contribution in [3.63, 3.8) is 0 Å². The van der Waals surface area contributed by atoms with Crippen LogP contribution in [0, 0.1) is 12.8 Å². The number of hydrogen-bond acceptors (Lipinski definition) is 3. The number of pyridine rings is 1. The number of piperidine rings is 1. The lowest BCUT2D eigenvalue weighted by molar-refractivity contribution is 0.215. The van der Waals surface area contributed by atoms with Crippen LogP contribution in [-0.2, 0) is 0 Å². The van der Waals surface area contributed by atoms with Gasteiger partial charge in [-0.3, -0.25) is 0 Å². The molecule has 0 atom stereocenters. The van der Waals surface area contributed by atoms with E-state index in [1.807, 2.05) is 19.1 Å². The van der Waals surface area contributed by atoms with Gasteiger partial charge in [0.1, 0.15) is 5.82 Å². The number of nitrogens with one attached hydrogen (secondary N) is 1. The summed E-state index contributed by atoms with van der Waals surface area (Å²) in [6.45, 7) is 5.59. The number of aryl methyl sites for hydroxylation is 1. The fourth-order valence-corrected chi connectivity index (χ4v) is 2.40. The molecule has 1 aliphatic rings. The molecule has 0 aromatic carbocycles. The topological polar surface area (TPSA) is 28.2 Å². The van der Waals surface area contributed by atoms with Gasteiger partial charge in [0.15, 0.2) is 0 Å². The van der Waals surface area contributed by atoms with E-state index in [4.69, 9.17) is 0 Å². The van der Waals surface area contributed by atoms with E-state index >= 15 is 0 Å². The minimum Gasteiger partial charge on any atom is -0.370 e. The van der Waals surface area contributed by atoms with Crippen LogP contribution in [0.25, 0.3) is 0 Å². The Labute approximate surface area is 104 Å². The lowest BCUT2D eigenvalue weighted by atomic mass is 9.94. The van der Waals surface area contributed by atoms with Crippen molar-refractivity contribution < 1.29 is 0 Å². The Hall–Kier alpha value is -1.09. The first kappa shape index (κ1) is 12.4. The summed E-state index contributed by atoms with van der Waals surface area (Å²) in [4.78, 5) is 6.87. The van der Waals surface area contributed by atoms with Crippen LogP contribution in [-0.4, -0.2) is 36.6 Å². The largest absolute Gasteiger partial charge is 0.370 e. The van der Waals surface area contributed by atoms with E-state index in [0.717, 1.165) is 24.0 Å². The second-order valence-electron chi connectivity index (χ2n) is 5.13. The first-order chi connectivity index (χ1) is 8.24. The molecule has 3 nitrogen and oxygen atoms in total. The van der Waals surface area contributed by atoms with E-state index in [9.17, 15) is 0 Å². The Balaban J connectivity index is 1.69. The van der Waals surface area contributed by atoms with Gasteiger partial charge in [0.25, 0.3) is 0 Å². The maximum Gasteiger partial charge on any atom is 0.126 e. The lowest BCUT2D eigenvalue weighted by Gasteiger charge is -2.28. The summed E-state index contributed by atoms with van der Waals surface area (Å²) < 4.78 is 0. The molecule has 2 heterocycles. The first-order valence-corrected chi connectivity index (χ1v) is 6.60. The molecule has 0 amide bonds. The lowest BCUT2D eigenvalue weighted by Crippen LogP contribution is -2.30. The Bertz CT molecular complexity index is 343. The van der Waals surface area contributed by atoms with Crippen LogP contribution >= 0.6 is 0 Å². The highest BCUT2D eigenvalue weighted by Gasteiger charge is 2.15. The van der Waals surface area contributed by atoms with E-state index in [-0.39, 0.29) is 0 Å². The van der Waals surface area contributed by atoms with Gasteiger partial charge in [-0.25, -0.2) is 4.98 Å². The standard InChI is InChI=1S/C14H23N3/c1-12-4-3-5-14(16-12)15-9-6-13-7-10-17(2)11-8-13/h3-5,13H,6-11H2,1-2H3,(H,15,16). The molecule has 1 fully saturated rings. The number of aromatic nitrogens is 1. The van der Waals surface area contributed by atoms with Crippen molar-refractivity contribution in [2.45, 2.75) is 26.2 Å². The van der Waals surface area contributed by atoms with Gasteiger partial charge < -0.3 is 10.2 Å². The summed E-state index contributed by atoms with van der Waals surface area (Å²) in [5.74, 6) is 1.90. The molecule has 1 aliphatic heterocycles. The number of rotatable bonds is 4. The van der Waals surface area contributed by atoms with E-state index < -0.39 is 0 Å². The van der Waals surface area contributed by atoms with Crippen molar-refractivity contribution in [1.29, 1.82) is 0 Å². The molecule has 0 saturated carbocycles. The zero-order chi connectivity index (χ0) is 12.1. The van der Waals surface area contributed by atoms with Gasteiger partial charge >= 0.3 is 0 Å². The third-order valence-corrected chi connectivity index (χ3v) is 3.59. The second kappa shape index (κ2) is 6.01. The summed E-state index contributed by atoms with van der Waals surface area (Å²) in [5.41, 5.74) is 1.08. The molecule has 0 aliphatic carbocycles. The predicted molar refractivity (Wildman–Crippen MR) is 72.3 cm³/mol. The van der Waals surface area contributed by atoms with Crippen molar-refractivity contribution in [3.05, 3.63) is 23.9 Å². The fourth-order valence-electron chi connectivity index (χ4n) is 2.40. The highest BCUT2D eigenvalue weighted by molar-refractivity contribution is 5.34. The van der Waals surface area contributed by atoms with Gasteiger partial charge in [-0.1, -0.05) is 6.07 Å². The Morgan fingerprint density at radius 1 is 1.35 bits per heavy atom. The monoisotopic (exact) mass is 233 g/mol. The van der Waals surface area contributed by atoms with Crippen molar-refractivity contribution in [2.24, 2.45) is 5.92 Å². The predicted octanol–water partition coefficient (Wildman–Crippen LogP) is 2.53. The van der Waals surface area contributed by atoms with Crippen LogP contribution in [0.5, 0.6) is 0 Å². The molecule has 0 radical (unpaired) electrons. The highest BCUT2D eigenvalue weighted by atomic mass is 15.1. The summed E-state index contributed by atoms with van der Waals surface area (Å²) in [6.07, 6.45) is 3.96. The SMILES string of the molecule is Cc1cccc(NCCC2CCN(C)CC2)n1. The minimum atomic E-state index is 0.892. The van der Waals surface area contributed by atoms with Gasteiger partial charge in [0.2, 0.25) is 0 Å². The molecule has 0 spiro atoms. The number of nitrogens with zero attached hydrogens (tertiary/aromatic N) is 2. The van der Waals surface area contributed by atoms with E-state index in [0.29, 0.717) is 0 Å². The molecule has 94 valence electrons. The molecule has 1 N–H and O–H groups in total. The molecule has 1 saturated heterocycles. The maximum atomic E-state index is 4.45. The van der Waals surface area contributed by atoms with E-state index in [1.165, 1.54) is 32.4 Å². The van der Waals surface area contributed by atoms with Crippen LogP contribution < -0.4 is 5.32 Å². The number of hydrogen-bond donors (Lipinski definition) is 1. The molecule has 3 heteroatoms. The van der Waals surface area contributed by atoms with Crippen LogP contribution in [0.4, 0.5) is 5.82 Å². The molecule has 2 rings (SSSR count). The molecular formula is C14H23N3. The van der Waals surface area contributed by atoms with Gasteiger partial charge in [0, 0.05) is 12.2 Å². The van der Waals surface area contributed by atoms with Crippen molar-refractivity contribution in [3.8, 4) is 0 Å². The Morgan fingerprint density at radius 2 is 2.12 bits per heavy atom. The summed E-state index contributed by atoms with van der Waals surface area (Å²) in [5, 5.41) is 3.42. The van der Waals surface area contributed by atoms with Crippen LogP contribution in [0.1, 0.15) is 25.0 Å². The third-order valence-electron chi connectivity index (χ3n) is 3.59. The average Bonchev–Trinajstić information content (AvgIpc) is 2.32. The van der Waals surface area contributed by atoms with Crippen LogP contribution in [0.15, 0.2) is 18.2 Å². The molecule has 0 bridgehead atoms. The smallest absolute Gasteiger partial charge is 0.126 e. The summed E-state index contributed by atoms with van der Waals surface area (Å²) in [6, 6.07) is 6.13. The van der Waals surface area contributed by atoms with E-state index in [2.05, 4.69) is 28.3 Å². The van der Waals surface area contributed by atoms with Crippen molar-refractivity contribution >= 4 is 5.82 Å². The molecule has 1 aromatic heterocycles. The maximum absolute atomic E-state index is 4.45. The Kier molecular flexibility index (Phi) is 4.37. The molecule has 17 heavy (non-hydrogen) atoms. The third kappa shape index (κ3) is 4.00. The summed E-state index contributed by atoms with van der Waals surface area (Å²) >= 11 is 0. The molecule has 0 unspecified atom stereocenters. The quantitative estimate of drug-likeness (QED) is 0.866. The van der Waals surface area contributed by atoms with E-state index in [1.54, 1.807) is 0 Å². The highest BCUT2D eigenvalue weighted by Crippen LogP contribution is 2.19. The van der Waals surface area contributed by atoms with Crippen LogP contribution in [0.3, 0.4) is 0 Å². The normalized spacial score (nSPS) is 18.2. The Morgan fingerprint density at radius 3 is 2.82 bits per heavy atom. The van der Waals surface area contributed by atoms with Gasteiger partial charge in [0.05, 0.1) is 0 Å².